The normalized spacial score (nSPS) is 19.7. The molecule has 1 aliphatic rings. The van der Waals surface area contributed by atoms with Gasteiger partial charge in [0, 0.05) is 6.07 Å². The molecule has 0 heterocycles. The maximum absolute atomic E-state index is 14.4. The zero-order chi connectivity index (χ0) is 19.4. The van der Waals surface area contributed by atoms with E-state index in [2.05, 4.69) is 0 Å². The van der Waals surface area contributed by atoms with Gasteiger partial charge in [0.15, 0.2) is 11.6 Å². The van der Waals surface area contributed by atoms with Crippen molar-refractivity contribution in [3.05, 3.63) is 58.9 Å². The second-order valence-corrected chi connectivity index (χ2v) is 7.15. The van der Waals surface area contributed by atoms with Gasteiger partial charge in [-0.3, -0.25) is 0 Å². The predicted octanol–water partition coefficient (Wildman–Crippen LogP) is 6.16. The molecule has 1 fully saturated rings. The largest absolute Gasteiger partial charge is 0.494 e. The van der Waals surface area contributed by atoms with E-state index in [-0.39, 0.29) is 29.0 Å². The van der Waals surface area contributed by atoms with E-state index in [1.54, 1.807) is 0 Å². The average molecular weight is 378 g/mol. The van der Waals surface area contributed by atoms with Crippen molar-refractivity contribution >= 4 is 0 Å². The highest BCUT2D eigenvalue weighted by Crippen LogP contribution is 2.38. The highest BCUT2D eigenvalue weighted by atomic mass is 19.2. The number of halogens is 3. The van der Waals surface area contributed by atoms with Crippen molar-refractivity contribution in [2.45, 2.75) is 45.4 Å². The van der Waals surface area contributed by atoms with Crippen LogP contribution in [0.25, 0.3) is 0 Å². The molecule has 1 aliphatic carbocycles. The minimum Gasteiger partial charge on any atom is -0.494 e. The second-order valence-electron chi connectivity index (χ2n) is 7.15. The number of hydrogen-bond donors (Lipinski definition) is 0. The van der Waals surface area contributed by atoms with E-state index in [0.717, 1.165) is 31.2 Å². The molecule has 1 saturated carbocycles. The molecule has 0 bridgehead atoms. The smallest absolute Gasteiger partial charge is 0.200 e. The van der Waals surface area contributed by atoms with Crippen LogP contribution in [0.3, 0.4) is 0 Å². The Balaban J connectivity index is 1.54. The van der Waals surface area contributed by atoms with Gasteiger partial charge in [-0.15, -0.1) is 0 Å². The molecule has 0 radical (unpaired) electrons. The van der Waals surface area contributed by atoms with Gasteiger partial charge in [0.1, 0.15) is 11.6 Å². The van der Waals surface area contributed by atoms with Crippen molar-refractivity contribution in [3.8, 4) is 11.5 Å². The van der Waals surface area contributed by atoms with Gasteiger partial charge in [0.25, 0.3) is 0 Å². The molecular formula is C22H25F3O2. The summed E-state index contributed by atoms with van der Waals surface area (Å²) < 4.78 is 52.7. The topological polar surface area (TPSA) is 18.5 Å². The zero-order valence-corrected chi connectivity index (χ0v) is 15.7. The highest BCUT2D eigenvalue weighted by molar-refractivity contribution is 5.32. The third-order valence-corrected chi connectivity index (χ3v) is 5.28. The van der Waals surface area contributed by atoms with Crippen molar-refractivity contribution < 1.29 is 22.6 Å². The van der Waals surface area contributed by atoms with Crippen LogP contribution in [0.2, 0.25) is 0 Å². The van der Waals surface area contributed by atoms with E-state index in [1.165, 1.54) is 25.1 Å². The van der Waals surface area contributed by atoms with Gasteiger partial charge < -0.3 is 9.47 Å². The lowest BCUT2D eigenvalue weighted by atomic mass is 9.79. The third kappa shape index (κ3) is 4.57. The number of benzene rings is 2. The molecule has 146 valence electrons. The summed E-state index contributed by atoms with van der Waals surface area (Å²) in [7, 11) is 0. The molecule has 5 heteroatoms. The van der Waals surface area contributed by atoms with Gasteiger partial charge in [-0.05, 0) is 74.6 Å². The molecule has 2 nitrogen and oxygen atoms in total. The molecule has 0 aliphatic heterocycles. The van der Waals surface area contributed by atoms with Crippen LogP contribution in [0, 0.1) is 30.3 Å². The molecule has 3 rings (SSSR count). The van der Waals surface area contributed by atoms with E-state index in [9.17, 15) is 13.2 Å². The fourth-order valence-corrected chi connectivity index (χ4v) is 3.68. The van der Waals surface area contributed by atoms with Gasteiger partial charge in [-0.2, -0.15) is 4.39 Å². The molecule has 2 aromatic rings. The van der Waals surface area contributed by atoms with Crippen LogP contribution in [-0.4, -0.2) is 13.2 Å². The maximum Gasteiger partial charge on any atom is 0.200 e. The van der Waals surface area contributed by atoms with Crippen molar-refractivity contribution in [2.24, 2.45) is 5.92 Å². The summed E-state index contributed by atoms with van der Waals surface area (Å²) in [5, 5.41) is 0. The number of hydrogen-bond acceptors (Lipinski definition) is 2. The number of ether oxygens (including phenoxy) is 2. The van der Waals surface area contributed by atoms with Gasteiger partial charge in [-0.1, -0.05) is 12.1 Å². The molecule has 0 saturated heterocycles. The van der Waals surface area contributed by atoms with E-state index in [1.807, 2.05) is 19.1 Å². The fraction of sp³-hybridized carbons (Fsp3) is 0.455. The monoisotopic (exact) mass is 378 g/mol. The molecule has 0 atom stereocenters. The Kier molecular flexibility index (Phi) is 6.30. The van der Waals surface area contributed by atoms with Crippen LogP contribution in [0.15, 0.2) is 30.3 Å². The SMILES string of the molecule is CCOc1ccc(C2CCC(COc3ccc(C)c(F)c3F)CC2)c(F)c1. The molecule has 0 spiro atoms. The van der Waals surface area contributed by atoms with E-state index >= 15 is 0 Å². The van der Waals surface area contributed by atoms with Crippen molar-refractivity contribution in [3.63, 3.8) is 0 Å². The summed E-state index contributed by atoms with van der Waals surface area (Å²) in [6.07, 6.45) is 3.44. The van der Waals surface area contributed by atoms with Crippen LogP contribution in [-0.2, 0) is 0 Å². The summed E-state index contributed by atoms with van der Waals surface area (Å²) in [6.45, 7) is 4.24. The van der Waals surface area contributed by atoms with Gasteiger partial charge in [0.05, 0.1) is 13.2 Å². The lowest BCUT2D eigenvalue weighted by molar-refractivity contribution is 0.192. The summed E-state index contributed by atoms with van der Waals surface area (Å²) in [5.74, 6) is -1.08. The molecule has 0 N–H and O–H groups in total. The Morgan fingerprint density at radius 2 is 1.67 bits per heavy atom. The van der Waals surface area contributed by atoms with Crippen LogP contribution >= 0.6 is 0 Å². The second kappa shape index (κ2) is 8.68. The molecule has 0 aromatic heterocycles. The molecule has 0 amide bonds. The minimum atomic E-state index is -0.930. The van der Waals surface area contributed by atoms with Gasteiger partial charge in [0.2, 0.25) is 5.82 Å². The first-order chi connectivity index (χ1) is 13.0. The van der Waals surface area contributed by atoms with E-state index < -0.39 is 11.6 Å². The standard InChI is InChI=1S/C22H25F3O2/c1-3-26-17-9-10-18(19(23)12-17)16-7-5-15(6-8-16)13-27-20-11-4-14(2)21(24)22(20)25/h4,9-12,15-16H,3,5-8,13H2,1-2H3. The average Bonchev–Trinajstić information content (AvgIpc) is 2.67. The first-order valence-corrected chi connectivity index (χ1v) is 9.49. The van der Waals surface area contributed by atoms with E-state index in [4.69, 9.17) is 9.47 Å². The number of rotatable bonds is 6. The lowest BCUT2D eigenvalue weighted by Crippen LogP contribution is -2.20. The first-order valence-electron chi connectivity index (χ1n) is 9.49. The van der Waals surface area contributed by atoms with Crippen LogP contribution in [0.4, 0.5) is 13.2 Å². The Morgan fingerprint density at radius 3 is 2.33 bits per heavy atom. The van der Waals surface area contributed by atoms with Crippen LogP contribution in [0.5, 0.6) is 11.5 Å². The molecule has 0 unspecified atom stereocenters. The van der Waals surface area contributed by atoms with Gasteiger partial charge in [-0.25, -0.2) is 8.78 Å². The predicted molar refractivity (Wildman–Crippen MR) is 98.9 cm³/mol. The molecule has 2 aromatic carbocycles. The quantitative estimate of drug-likeness (QED) is 0.599. The van der Waals surface area contributed by atoms with Crippen LogP contribution in [0.1, 0.15) is 49.7 Å². The highest BCUT2D eigenvalue weighted by Gasteiger charge is 2.25. The molecule has 27 heavy (non-hydrogen) atoms. The van der Waals surface area contributed by atoms with Crippen LogP contribution < -0.4 is 9.47 Å². The summed E-state index contributed by atoms with van der Waals surface area (Å²) in [6, 6.07) is 8.05. The Bertz CT molecular complexity index is 783. The van der Waals surface area contributed by atoms with Crippen molar-refractivity contribution in [1.29, 1.82) is 0 Å². The zero-order valence-electron chi connectivity index (χ0n) is 15.7. The van der Waals surface area contributed by atoms with Crippen molar-refractivity contribution in [2.75, 3.05) is 13.2 Å². The Morgan fingerprint density at radius 1 is 0.926 bits per heavy atom. The minimum absolute atomic E-state index is 0.0437. The summed E-state index contributed by atoms with van der Waals surface area (Å²) in [4.78, 5) is 0. The summed E-state index contributed by atoms with van der Waals surface area (Å²) in [5.41, 5.74) is 0.988. The maximum atomic E-state index is 14.4. The fourth-order valence-electron chi connectivity index (χ4n) is 3.68. The van der Waals surface area contributed by atoms with Gasteiger partial charge >= 0.3 is 0 Å². The Labute approximate surface area is 158 Å². The first kappa shape index (κ1) is 19.6. The molecular weight excluding hydrogens is 353 g/mol. The number of aryl methyl sites for hydroxylation is 1. The third-order valence-electron chi connectivity index (χ3n) is 5.28. The van der Waals surface area contributed by atoms with E-state index in [0.29, 0.717) is 19.0 Å². The lowest BCUT2D eigenvalue weighted by Gasteiger charge is -2.29. The summed E-state index contributed by atoms with van der Waals surface area (Å²) >= 11 is 0. The Hall–Kier alpha value is -2.17. The van der Waals surface area contributed by atoms with Crippen molar-refractivity contribution in [1.82, 2.24) is 0 Å².